The first-order valence-electron chi connectivity index (χ1n) is 9.66. The van der Waals surface area contributed by atoms with E-state index in [1.807, 2.05) is 28.9 Å². The minimum absolute atomic E-state index is 0.0580. The monoisotopic (exact) mass is 387 g/mol. The predicted octanol–water partition coefficient (Wildman–Crippen LogP) is 3.86. The second kappa shape index (κ2) is 7.84. The van der Waals surface area contributed by atoms with Crippen LogP contribution in [0.5, 0.6) is 5.75 Å². The molecule has 0 saturated heterocycles. The molecule has 2 aromatic rings. The van der Waals surface area contributed by atoms with Crippen molar-refractivity contribution in [2.45, 2.75) is 50.3 Å². The quantitative estimate of drug-likeness (QED) is 0.817. The number of rotatable bonds is 5. The largest absolute Gasteiger partial charge is 0.494 e. The molecule has 0 unspecified atom stereocenters. The number of benzene rings is 1. The van der Waals surface area contributed by atoms with Crippen molar-refractivity contribution in [1.82, 2.24) is 9.78 Å². The van der Waals surface area contributed by atoms with Crippen LogP contribution in [0.2, 0.25) is 0 Å². The van der Waals surface area contributed by atoms with Crippen molar-refractivity contribution in [3.8, 4) is 5.75 Å². The van der Waals surface area contributed by atoms with E-state index < -0.39 is 0 Å². The Kier molecular flexibility index (Phi) is 5.29. The van der Waals surface area contributed by atoms with E-state index in [-0.39, 0.29) is 22.8 Å². The van der Waals surface area contributed by atoms with Crippen molar-refractivity contribution >= 4 is 23.5 Å². The molecule has 27 heavy (non-hydrogen) atoms. The number of carbonyl (C=O) groups is 1. The third-order valence-corrected chi connectivity index (χ3v) is 6.48. The fourth-order valence-electron chi connectivity index (χ4n) is 3.90. The zero-order chi connectivity index (χ0) is 18.8. The number of H-pyrrole nitrogens is 1. The van der Waals surface area contributed by atoms with E-state index in [1.165, 1.54) is 11.8 Å². The number of aromatic nitrogens is 2. The Hall–Kier alpha value is -2.15. The number of amides is 1. The van der Waals surface area contributed by atoms with E-state index >= 15 is 0 Å². The summed E-state index contributed by atoms with van der Waals surface area (Å²) >= 11 is 1.50. The Morgan fingerprint density at radius 1 is 1.19 bits per heavy atom. The lowest BCUT2D eigenvalue weighted by Crippen LogP contribution is -2.18. The lowest BCUT2D eigenvalue weighted by atomic mass is 10.1. The van der Waals surface area contributed by atoms with Crippen molar-refractivity contribution < 1.29 is 9.53 Å². The van der Waals surface area contributed by atoms with Gasteiger partial charge in [0.05, 0.1) is 29.2 Å². The number of anilines is 1. The molecule has 1 aromatic heterocycles. The van der Waals surface area contributed by atoms with E-state index in [9.17, 15) is 9.59 Å². The molecule has 1 aromatic carbocycles. The summed E-state index contributed by atoms with van der Waals surface area (Å²) in [7, 11) is 0. The summed E-state index contributed by atoms with van der Waals surface area (Å²) in [6.07, 6.45) is 5.35. The fraction of sp³-hybridized carbons (Fsp3) is 0.500. The van der Waals surface area contributed by atoms with E-state index in [1.54, 1.807) is 0 Å². The van der Waals surface area contributed by atoms with E-state index in [0.29, 0.717) is 23.7 Å². The van der Waals surface area contributed by atoms with Gasteiger partial charge in [-0.25, -0.2) is 0 Å². The highest BCUT2D eigenvalue weighted by molar-refractivity contribution is 8.00. The van der Waals surface area contributed by atoms with Gasteiger partial charge in [0, 0.05) is 0 Å². The van der Waals surface area contributed by atoms with Crippen LogP contribution in [0.4, 0.5) is 5.82 Å². The molecule has 2 heterocycles. The van der Waals surface area contributed by atoms with Gasteiger partial charge in [-0.2, -0.15) is 0 Å². The van der Waals surface area contributed by atoms with E-state index in [2.05, 4.69) is 17.3 Å². The number of carbonyl (C=O) groups excluding carboxylic acids is 1. The third-order valence-electron chi connectivity index (χ3n) is 5.21. The molecule has 7 heteroatoms. The van der Waals surface area contributed by atoms with Crippen molar-refractivity contribution in [3.63, 3.8) is 0 Å². The number of nitrogens with one attached hydrogen (secondary N) is 2. The maximum Gasteiger partial charge on any atom is 0.270 e. The maximum absolute atomic E-state index is 12.8. The average Bonchev–Trinajstić information content (AvgIpc) is 3.26. The number of fused-ring (bicyclic) bond motifs is 1. The Morgan fingerprint density at radius 2 is 1.93 bits per heavy atom. The van der Waals surface area contributed by atoms with Gasteiger partial charge < -0.3 is 10.1 Å². The van der Waals surface area contributed by atoms with Gasteiger partial charge in [-0.15, -0.1) is 11.8 Å². The van der Waals surface area contributed by atoms with Crippen LogP contribution in [-0.4, -0.2) is 28.0 Å². The highest BCUT2D eigenvalue weighted by atomic mass is 32.2. The molecule has 1 atom stereocenters. The van der Waals surface area contributed by atoms with E-state index in [4.69, 9.17) is 4.74 Å². The molecular formula is C20H25N3O3S. The summed E-state index contributed by atoms with van der Waals surface area (Å²) < 4.78 is 7.56. The SMILES string of the molecule is CCCOc1ccc([C@H]2SCC(=O)Nc3c2c(=O)[nH]n3C2CCCC2)cc1. The number of ether oxygens (including phenoxy) is 1. The first kappa shape index (κ1) is 18.2. The zero-order valence-electron chi connectivity index (χ0n) is 15.5. The van der Waals surface area contributed by atoms with Gasteiger partial charge in [0.2, 0.25) is 5.91 Å². The normalized spacial score (nSPS) is 20.2. The number of aromatic amines is 1. The first-order valence-corrected chi connectivity index (χ1v) is 10.7. The zero-order valence-corrected chi connectivity index (χ0v) is 16.3. The Balaban J connectivity index is 1.71. The number of hydrogen-bond acceptors (Lipinski definition) is 4. The Morgan fingerprint density at radius 3 is 2.63 bits per heavy atom. The van der Waals surface area contributed by atoms with Gasteiger partial charge in [-0.1, -0.05) is 31.9 Å². The van der Waals surface area contributed by atoms with Crippen molar-refractivity contribution in [2.24, 2.45) is 0 Å². The fourth-order valence-corrected chi connectivity index (χ4v) is 5.03. The van der Waals surface area contributed by atoms with Gasteiger partial charge in [0.1, 0.15) is 11.6 Å². The molecular weight excluding hydrogens is 362 g/mol. The molecule has 1 aliphatic heterocycles. The second-order valence-corrected chi connectivity index (χ2v) is 8.26. The van der Waals surface area contributed by atoms with Crippen molar-refractivity contribution in [1.29, 1.82) is 0 Å². The minimum atomic E-state index is -0.175. The minimum Gasteiger partial charge on any atom is -0.494 e. The lowest BCUT2D eigenvalue weighted by Gasteiger charge is -2.17. The van der Waals surface area contributed by atoms with Gasteiger partial charge in [-0.3, -0.25) is 19.4 Å². The standard InChI is InChI=1S/C20H25N3O3S/c1-2-11-26-15-9-7-13(8-10-15)18-17-19(21-16(24)12-27-18)23(22-20(17)25)14-5-3-4-6-14/h7-10,14,18H,2-6,11-12H2,1H3,(H,21,24)(H,22,25)/t18-/m1/s1. The number of nitrogens with zero attached hydrogens (tertiary/aromatic N) is 1. The van der Waals surface area contributed by atoms with Gasteiger partial charge >= 0.3 is 0 Å². The molecule has 6 nitrogen and oxygen atoms in total. The van der Waals surface area contributed by atoms with E-state index in [0.717, 1.165) is 43.4 Å². The summed E-state index contributed by atoms with van der Waals surface area (Å²) in [5.74, 6) is 1.75. The molecule has 0 spiro atoms. The van der Waals surface area contributed by atoms with Crippen LogP contribution in [0.25, 0.3) is 0 Å². The summed E-state index contributed by atoms with van der Waals surface area (Å²) in [4.78, 5) is 25.1. The molecule has 0 bridgehead atoms. The highest BCUT2D eigenvalue weighted by Crippen LogP contribution is 2.42. The molecule has 1 amide bonds. The highest BCUT2D eigenvalue weighted by Gasteiger charge is 2.32. The third kappa shape index (κ3) is 3.65. The van der Waals surface area contributed by atoms with Crippen LogP contribution >= 0.6 is 11.8 Å². The molecule has 144 valence electrons. The molecule has 0 radical (unpaired) electrons. The van der Waals surface area contributed by atoms with Crippen LogP contribution in [0, 0.1) is 0 Å². The van der Waals surface area contributed by atoms with Crippen LogP contribution in [0.1, 0.15) is 61.4 Å². The molecule has 1 aliphatic carbocycles. The maximum atomic E-state index is 12.8. The lowest BCUT2D eigenvalue weighted by molar-refractivity contribution is -0.113. The second-order valence-electron chi connectivity index (χ2n) is 7.17. The van der Waals surface area contributed by atoms with Crippen LogP contribution in [0.3, 0.4) is 0 Å². The summed E-state index contributed by atoms with van der Waals surface area (Å²) in [5, 5.41) is 5.79. The van der Waals surface area contributed by atoms with Crippen molar-refractivity contribution in [3.05, 3.63) is 45.7 Å². The van der Waals surface area contributed by atoms with Crippen LogP contribution in [-0.2, 0) is 4.79 Å². The van der Waals surface area contributed by atoms with Gasteiger partial charge in [0.25, 0.3) is 5.56 Å². The van der Waals surface area contributed by atoms with Gasteiger partial charge in [-0.05, 0) is 37.0 Å². The van der Waals surface area contributed by atoms with Crippen LogP contribution in [0.15, 0.2) is 29.1 Å². The summed E-state index contributed by atoms with van der Waals surface area (Å²) in [5.41, 5.74) is 1.55. The Labute approximate surface area is 162 Å². The molecule has 1 fully saturated rings. The van der Waals surface area contributed by atoms with Gasteiger partial charge in [0.15, 0.2) is 0 Å². The number of hydrogen-bond donors (Lipinski definition) is 2. The average molecular weight is 388 g/mol. The first-order chi connectivity index (χ1) is 13.2. The summed E-state index contributed by atoms with van der Waals surface area (Å²) in [6.45, 7) is 2.76. The molecule has 2 N–H and O–H groups in total. The molecule has 4 rings (SSSR count). The molecule has 2 aliphatic rings. The molecule has 1 saturated carbocycles. The van der Waals surface area contributed by atoms with Crippen molar-refractivity contribution in [2.75, 3.05) is 17.7 Å². The smallest absolute Gasteiger partial charge is 0.270 e. The Bertz CT molecular complexity index is 866. The topological polar surface area (TPSA) is 76.1 Å². The summed E-state index contributed by atoms with van der Waals surface area (Å²) in [6, 6.07) is 8.12. The predicted molar refractivity (Wildman–Crippen MR) is 108 cm³/mol. The number of thioether (sulfide) groups is 1. The van der Waals surface area contributed by atoms with Crippen LogP contribution < -0.4 is 15.6 Å².